The minimum absolute atomic E-state index is 0. The van der Waals surface area contributed by atoms with E-state index in [2.05, 4.69) is 0 Å². The molecule has 0 aromatic carbocycles. The van der Waals surface area contributed by atoms with Gasteiger partial charge in [0.15, 0.2) is 0 Å². The highest BCUT2D eigenvalue weighted by molar-refractivity contribution is 8.76. The summed E-state index contributed by atoms with van der Waals surface area (Å²) in [5, 5.41) is 0. The van der Waals surface area contributed by atoms with Gasteiger partial charge in [0.2, 0.25) is 0 Å². The topological polar surface area (TPSA) is 55.4 Å². The lowest BCUT2D eigenvalue weighted by Crippen LogP contribution is -2.36. The van der Waals surface area contributed by atoms with Crippen molar-refractivity contribution >= 4 is 32.6 Å². The van der Waals surface area contributed by atoms with Crippen LogP contribution in [0.5, 0.6) is 0 Å². The van der Waals surface area contributed by atoms with Crippen LogP contribution in [0.4, 0.5) is 0 Å². The van der Waals surface area contributed by atoms with Gasteiger partial charge in [0.05, 0.1) is 0 Å². The molecule has 0 aliphatic heterocycles. The van der Waals surface area contributed by atoms with Crippen molar-refractivity contribution in [2.45, 2.75) is 24.8 Å². The van der Waals surface area contributed by atoms with Crippen molar-refractivity contribution in [3.8, 4) is 0 Å². The summed E-state index contributed by atoms with van der Waals surface area (Å²) in [6.07, 6.45) is 1.27. The predicted molar refractivity (Wildman–Crippen MR) is 93.0 cm³/mol. The first-order valence-corrected chi connectivity index (χ1v) is 8.61. The molecule has 0 aromatic heterocycles. The maximum atomic E-state index is 5.22. The number of rotatable bonds is 13. The number of hydrogen-bond donors (Lipinski definition) is 0. The maximum Gasteiger partial charge on any atom is 0.282 e. The first-order valence-electron chi connectivity index (χ1n) is 6.13. The Hall–Kier alpha value is 0.677. The Balaban J connectivity index is 0. The van der Waals surface area contributed by atoms with Crippen molar-refractivity contribution in [2.24, 2.45) is 0 Å². The van der Waals surface area contributed by atoms with E-state index in [0.29, 0.717) is 12.8 Å². The molecule has 0 heterocycles. The van der Waals surface area contributed by atoms with E-state index < -0.39 is 11.9 Å². The van der Waals surface area contributed by atoms with Crippen molar-refractivity contribution in [1.82, 2.24) is 0 Å². The maximum absolute atomic E-state index is 5.22. The first-order chi connectivity index (χ1) is 9.57. The third-order valence-corrected chi connectivity index (χ3v) is 5.34. The second-order valence-electron chi connectivity index (χ2n) is 3.73. The summed E-state index contributed by atoms with van der Waals surface area (Å²) >= 11 is 0. The third-order valence-electron chi connectivity index (χ3n) is 2.93. The van der Waals surface area contributed by atoms with Gasteiger partial charge in [0, 0.05) is 67.0 Å². The van der Waals surface area contributed by atoms with Crippen molar-refractivity contribution in [1.29, 1.82) is 0 Å². The molecule has 21 heavy (non-hydrogen) atoms. The van der Waals surface area contributed by atoms with E-state index in [9.17, 15) is 0 Å². The van der Waals surface area contributed by atoms with Crippen LogP contribution in [0.2, 0.25) is 0 Å². The zero-order chi connectivity index (χ0) is 15.5. The van der Waals surface area contributed by atoms with E-state index in [4.69, 9.17) is 28.4 Å². The van der Waals surface area contributed by atoms with Crippen molar-refractivity contribution < 1.29 is 28.4 Å². The summed E-state index contributed by atoms with van der Waals surface area (Å²) in [4.78, 5) is 0. The zero-order valence-corrected chi connectivity index (χ0v) is 14.7. The number of hydrogen-bond acceptors (Lipinski definition) is 8. The molecule has 0 bridgehead atoms. The summed E-state index contributed by atoms with van der Waals surface area (Å²) in [7, 11) is 12.8. The van der Waals surface area contributed by atoms with Crippen LogP contribution in [0.25, 0.3) is 0 Å². The highest BCUT2D eigenvalue weighted by Gasteiger charge is 2.30. The predicted octanol–water partition coefficient (Wildman–Crippen LogP) is 0.882. The van der Waals surface area contributed by atoms with Crippen LogP contribution in [-0.4, -0.2) is 77.1 Å². The Bertz CT molecular complexity index is 199. The van der Waals surface area contributed by atoms with Gasteiger partial charge >= 0.3 is 0 Å². The minimum Gasteiger partial charge on any atom is -0.331 e. The van der Waals surface area contributed by atoms with E-state index in [-0.39, 0.29) is 11.0 Å². The fraction of sp³-hybridized carbons (Fsp3) is 1.00. The summed E-state index contributed by atoms with van der Waals surface area (Å²) in [5.74, 6) is -0.244. The molecule has 0 aliphatic rings. The van der Waals surface area contributed by atoms with Crippen LogP contribution in [0, 0.1) is 0 Å². The van der Waals surface area contributed by atoms with E-state index >= 15 is 0 Å². The molecule has 9 heteroatoms. The van der Waals surface area contributed by atoms with Gasteiger partial charge in [-0.25, -0.2) is 0 Å². The molecule has 0 fully saturated rings. The highest BCUT2D eigenvalue weighted by atomic mass is 33.1. The normalized spacial score (nSPS) is 12.3. The smallest absolute Gasteiger partial charge is 0.282 e. The van der Waals surface area contributed by atoms with Gasteiger partial charge in [-0.3, -0.25) is 0 Å². The summed E-state index contributed by atoms with van der Waals surface area (Å²) in [5.41, 5.74) is 0. The van der Waals surface area contributed by atoms with Gasteiger partial charge in [0.25, 0.3) is 11.9 Å². The molecule has 0 unspecified atom stereocenters. The van der Waals surface area contributed by atoms with Crippen molar-refractivity contribution in [3.63, 3.8) is 0 Å². The van der Waals surface area contributed by atoms with Gasteiger partial charge in [0.1, 0.15) is 0 Å². The summed E-state index contributed by atoms with van der Waals surface area (Å²) < 4.78 is 31.3. The molecule has 0 amide bonds. The monoisotopic (exact) mass is 362 g/mol. The average Bonchev–Trinajstić information content (AvgIpc) is 2.52. The second-order valence-corrected chi connectivity index (χ2v) is 6.44. The third kappa shape index (κ3) is 8.19. The number of methoxy groups -OCH3 is 6. The molecule has 6 nitrogen and oxygen atoms in total. The Morgan fingerprint density at radius 2 is 0.810 bits per heavy atom. The van der Waals surface area contributed by atoms with Crippen LogP contribution >= 0.6 is 21.6 Å². The zero-order valence-electron chi connectivity index (χ0n) is 13.1. The van der Waals surface area contributed by atoms with Gasteiger partial charge in [-0.05, 0) is 11.0 Å². The second kappa shape index (κ2) is 13.1. The lowest BCUT2D eigenvalue weighted by atomic mass is 10.4. The molecule has 0 aromatic rings. The van der Waals surface area contributed by atoms with E-state index in [1.54, 1.807) is 64.2 Å². The standard InChI is InChI=1S/C12H26O6S2.H4Si/c1-13-11(14-2,15-3)7-9-19-20-10-8-12(16-4,17-5)18-6;/h7-10H2,1-6H3;1H4. The van der Waals surface area contributed by atoms with Crippen molar-refractivity contribution in [2.75, 3.05) is 54.2 Å². The quantitative estimate of drug-likeness (QED) is 0.207. The molecule has 0 saturated carbocycles. The largest absolute Gasteiger partial charge is 0.331 e. The SMILES string of the molecule is COC(CCSSCCC(OC)(OC)OC)(OC)OC.[SiH4]. The molecule has 0 N–H and O–H groups in total. The van der Waals surface area contributed by atoms with Gasteiger partial charge in [-0.1, -0.05) is 21.6 Å². The molecule has 0 rings (SSSR count). The van der Waals surface area contributed by atoms with Crippen LogP contribution in [-0.2, 0) is 28.4 Å². The lowest BCUT2D eigenvalue weighted by Gasteiger charge is -2.29. The van der Waals surface area contributed by atoms with Crippen molar-refractivity contribution in [3.05, 3.63) is 0 Å². The summed E-state index contributed by atoms with van der Waals surface area (Å²) in [6.45, 7) is 0. The minimum atomic E-state index is -0.955. The first kappa shape index (κ1) is 23.9. The molecule has 0 spiro atoms. The Morgan fingerprint density at radius 3 is 1.00 bits per heavy atom. The van der Waals surface area contributed by atoms with Gasteiger partial charge < -0.3 is 28.4 Å². The van der Waals surface area contributed by atoms with E-state index in [1.807, 2.05) is 0 Å². The molecule has 130 valence electrons. The highest BCUT2D eigenvalue weighted by Crippen LogP contribution is 2.30. The Labute approximate surface area is 140 Å². The summed E-state index contributed by atoms with van der Waals surface area (Å²) in [6, 6.07) is 0. The molecule has 0 atom stereocenters. The number of ether oxygens (including phenoxy) is 6. The van der Waals surface area contributed by atoms with E-state index in [0.717, 1.165) is 11.5 Å². The molecule has 0 saturated heterocycles. The van der Waals surface area contributed by atoms with Crippen LogP contribution < -0.4 is 0 Å². The van der Waals surface area contributed by atoms with E-state index in [1.165, 1.54) is 0 Å². The lowest BCUT2D eigenvalue weighted by molar-refractivity contribution is -0.352. The molecular formula is C12H30O6S2Si. The molecular weight excluding hydrogens is 332 g/mol. The fourth-order valence-electron chi connectivity index (χ4n) is 1.56. The Morgan fingerprint density at radius 1 is 0.571 bits per heavy atom. The van der Waals surface area contributed by atoms with Gasteiger partial charge in [-0.2, -0.15) is 0 Å². The molecule has 0 radical (unpaired) electrons. The Kier molecular flexibility index (Phi) is 15.0. The van der Waals surface area contributed by atoms with Gasteiger partial charge in [-0.15, -0.1) is 0 Å². The van der Waals surface area contributed by atoms with Crippen LogP contribution in [0.1, 0.15) is 12.8 Å². The fourth-order valence-corrected chi connectivity index (χ4v) is 3.67. The molecule has 0 aliphatic carbocycles. The van der Waals surface area contributed by atoms with Crippen LogP contribution in [0.3, 0.4) is 0 Å². The van der Waals surface area contributed by atoms with Crippen LogP contribution in [0.15, 0.2) is 0 Å². The average molecular weight is 363 g/mol.